The fourth-order valence-electron chi connectivity index (χ4n) is 7.52. The van der Waals surface area contributed by atoms with Gasteiger partial charge >= 0.3 is 0 Å². The molecule has 0 aromatic carbocycles. The Hall–Kier alpha value is -2.43. The lowest BCUT2D eigenvalue weighted by Crippen LogP contribution is -2.45. The molecule has 4 nitrogen and oxygen atoms in total. The molecule has 0 aliphatic carbocycles. The van der Waals surface area contributed by atoms with E-state index in [0.29, 0.717) is 12.8 Å². The van der Waals surface area contributed by atoms with Crippen molar-refractivity contribution in [3.05, 3.63) is 85.1 Å². The largest absolute Gasteiger partial charge is 0.394 e. The van der Waals surface area contributed by atoms with Crippen LogP contribution in [0.2, 0.25) is 0 Å². The van der Waals surface area contributed by atoms with Gasteiger partial charge in [0.2, 0.25) is 5.91 Å². The lowest BCUT2D eigenvalue weighted by Gasteiger charge is -2.22. The number of rotatable bonds is 46. The molecule has 4 heteroatoms. The first-order chi connectivity index (χ1) is 29.7. The van der Waals surface area contributed by atoms with Gasteiger partial charge in [-0.15, -0.1) is 0 Å². The smallest absolute Gasteiger partial charge is 0.220 e. The average molecular weight is 834 g/mol. The normalized spacial score (nSPS) is 13.6. The van der Waals surface area contributed by atoms with Crippen LogP contribution >= 0.6 is 0 Å². The van der Waals surface area contributed by atoms with E-state index in [1.165, 1.54) is 148 Å². The minimum atomic E-state index is -0.667. The summed E-state index contributed by atoms with van der Waals surface area (Å²) in [6, 6.07) is -0.545. The van der Waals surface area contributed by atoms with Crippen molar-refractivity contribution in [3.63, 3.8) is 0 Å². The molecular weight excluding hydrogens is 735 g/mol. The van der Waals surface area contributed by atoms with Gasteiger partial charge in [0.15, 0.2) is 0 Å². The summed E-state index contributed by atoms with van der Waals surface area (Å²) < 4.78 is 0. The van der Waals surface area contributed by atoms with E-state index >= 15 is 0 Å². The van der Waals surface area contributed by atoms with Crippen LogP contribution < -0.4 is 5.32 Å². The van der Waals surface area contributed by atoms with E-state index in [1.54, 1.807) is 0 Å². The van der Waals surface area contributed by atoms with Gasteiger partial charge in [0.1, 0.15) is 0 Å². The van der Waals surface area contributed by atoms with E-state index < -0.39 is 12.1 Å². The third-order valence-electron chi connectivity index (χ3n) is 11.4. The fraction of sp³-hybridized carbons (Fsp3) is 0.732. The molecule has 0 bridgehead atoms. The zero-order valence-electron chi connectivity index (χ0n) is 39.7. The molecule has 0 rings (SSSR count). The van der Waals surface area contributed by atoms with Crippen molar-refractivity contribution >= 4 is 5.91 Å². The maximum Gasteiger partial charge on any atom is 0.220 e. The molecule has 1 amide bonds. The minimum Gasteiger partial charge on any atom is -0.394 e. The van der Waals surface area contributed by atoms with Gasteiger partial charge in [-0.1, -0.05) is 253 Å². The number of aliphatic hydroxyl groups is 2. The van der Waals surface area contributed by atoms with Crippen molar-refractivity contribution in [2.45, 2.75) is 257 Å². The number of aliphatic hydroxyl groups excluding tert-OH is 2. The van der Waals surface area contributed by atoms with E-state index in [1.807, 2.05) is 0 Å². The van der Waals surface area contributed by atoms with Gasteiger partial charge in [-0.05, 0) is 70.6 Å². The highest BCUT2D eigenvalue weighted by Gasteiger charge is 2.20. The Morgan fingerprint density at radius 3 is 1.10 bits per heavy atom. The number of amides is 1. The second-order valence-electron chi connectivity index (χ2n) is 17.2. The number of hydrogen-bond donors (Lipinski definition) is 3. The summed E-state index contributed by atoms with van der Waals surface area (Å²) in [6.45, 7) is 4.25. The molecule has 0 aliphatic rings. The predicted octanol–water partition coefficient (Wildman–Crippen LogP) is 16.8. The standard InChI is InChI=1S/C56H99NO3/c1-3-5-7-9-11-13-15-17-19-21-22-23-24-25-26-27-28-29-30-31-32-33-34-36-38-40-42-44-46-48-50-52-56(60)57-54(53-58)55(59)51-49-47-45-43-41-39-37-35-20-18-16-14-12-10-8-6-4-2/h5,7,11,13,17,19,22-23,25-26,28-29,31-32,54-55,58-59H,3-4,6,8-10,12,14-16,18,20-21,24,27,30,33-53H2,1-2H3,(H,57,60)/b7-5-,13-11-,19-17-,23-22-,26-25-,29-28-,32-31-. The number of allylic oxidation sites excluding steroid dienone is 14. The first-order valence-corrected chi connectivity index (χ1v) is 25.8. The Morgan fingerprint density at radius 2 is 0.733 bits per heavy atom. The Morgan fingerprint density at radius 1 is 0.417 bits per heavy atom. The molecule has 0 aromatic rings. The van der Waals surface area contributed by atoms with E-state index in [2.05, 4.69) is 104 Å². The van der Waals surface area contributed by atoms with Crippen LogP contribution in [0.1, 0.15) is 245 Å². The number of hydrogen-bond acceptors (Lipinski definition) is 3. The van der Waals surface area contributed by atoms with Crippen molar-refractivity contribution in [1.29, 1.82) is 0 Å². The van der Waals surface area contributed by atoms with Gasteiger partial charge in [-0.3, -0.25) is 4.79 Å². The van der Waals surface area contributed by atoms with Crippen LogP contribution in [0.4, 0.5) is 0 Å². The molecule has 0 saturated carbocycles. The zero-order chi connectivity index (χ0) is 43.5. The first-order valence-electron chi connectivity index (χ1n) is 25.8. The lowest BCUT2D eigenvalue weighted by atomic mass is 10.0. The molecule has 2 unspecified atom stereocenters. The summed E-state index contributed by atoms with van der Waals surface area (Å²) in [5.74, 6) is -0.0399. The van der Waals surface area contributed by atoms with Gasteiger partial charge in [0.05, 0.1) is 18.8 Å². The highest BCUT2D eigenvalue weighted by atomic mass is 16.3. The van der Waals surface area contributed by atoms with Crippen LogP contribution in [-0.2, 0) is 4.79 Å². The second-order valence-corrected chi connectivity index (χ2v) is 17.2. The zero-order valence-corrected chi connectivity index (χ0v) is 39.7. The van der Waals surface area contributed by atoms with Crippen LogP contribution in [0, 0.1) is 0 Å². The van der Waals surface area contributed by atoms with Crippen molar-refractivity contribution in [2.24, 2.45) is 0 Å². The topological polar surface area (TPSA) is 69.6 Å². The van der Waals surface area contributed by atoms with Crippen LogP contribution in [0.3, 0.4) is 0 Å². The fourth-order valence-corrected chi connectivity index (χ4v) is 7.52. The molecule has 0 aromatic heterocycles. The van der Waals surface area contributed by atoms with E-state index in [0.717, 1.165) is 70.6 Å². The molecule has 2 atom stereocenters. The number of unbranched alkanes of at least 4 members (excludes halogenated alkanes) is 25. The number of nitrogens with one attached hydrogen (secondary N) is 1. The summed E-state index contributed by atoms with van der Waals surface area (Å²) in [5, 5.41) is 23.3. The maximum atomic E-state index is 12.5. The molecule has 0 saturated heterocycles. The van der Waals surface area contributed by atoms with Gasteiger partial charge in [0.25, 0.3) is 0 Å². The summed E-state index contributed by atoms with van der Waals surface area (Å²) >= 11 is 0. The lowest BCUT2D eigenvalue weighted by molar-refractivity contribution is -0.123. The monoisotopic (exact) mass is 834 g/mol. The van der Waals surface area contributed by atoms with Crippen LogP contribution in [0.25, 0.3) is 0 Å². The Bertz CT molecular complexity index is 1080. The van der Waals surface area contributed by atoms with Crippen molar-refractivity contribution in [2.75, 3.05) is 6.61 Å². The molecule has 0 spiro atoms. The van der Waals surface area contributed by atoms with Gasteiger partial charge in [-0.25, -0.2) is 0 Å². The Labute approximate surface area is 373 Å². The van der Waals surface area contributed by atoms with Crippen LogP contribution in [-0.4, -0.2) is 34.9 Å². The Balaban J connectivity index is 3.56. The summed E-state index contributed by atoms with van der Waals surface area (Å²) in [5.41, 5.74) is 0. The highest BCUT2D eigenvalue weighted by Crippen LogP contribution is 2.16. The van der Waals surface area contributed by atoms with Crippen molar-refractivity contribution < 1.29 is 15.0 Å². The summed E-state index contributed by atoms with van der Waals surface area (Å²) in [4.78, 5) is 12.5. The van der Waals surface area contributed by atoms with Crippen LogP contribution in [0.15, 0.2) is 85.1 Å². The highest BCUT2D eigenvalue weighted by molar-refractivity contribution is 5.76. The summed E-state index contributed by atoms with van der Waals surface area (Å²) in [7, 11) is 0. The summed E-state index contributed by atoms with van der Waals surface area (Å²) in [6.07, 6.45) is 73.9. The molecule has 346 valence electrons. The van der Waals surface area contributed by atoms with Crippen LogP contribution in [0.5, 0.6) is 0 Å². The quantitative estimate of drug-likeness (QED) is 0.0423. The molecule has 3 N–H and O–H groups in total. The number of carbonyl (C=O) groups is 1. The van der Waals surface area contributed by atoms with E-state index in [-0.39, 0.29) is 12.5 Å². The first kappa shape index (κ1) is 57.6. The van der Waals surface area contributed by atoms with E-state index in [4.69, 9.17) is 0 Å². The maximum absolute atomic E-state index is 12.5. The SMILES string of the molecule is CC/C=C\C/C=C\C/C=C\C/C=C\C/C=C\C/C=C\C/C=C\CCCCCCCCCCCC(=O)NC(CO)C(O)CCCCCCCCCCCCCCCCCCC. The van der Waals surface area contributed by atoms with Crippen molar-refractivity contribution in [3.8, 4) is 0 Å². The molecule has 0 fully saturated rings. The van der Waals surface area contributed by atoms with Gasteiger partial charge in [0, 0.05) is 6.42 Å². The van der Waals surface area contributed by atoms with Gasteiger partial charge < -0.3 is 15.5 Å². The van der Waals surface area contributed by atoms with Gasteiger partial charge in [-0.2, -0.15) is 0 Å². The van der Waals surface area contributed by atoms with E-state index in [9.17, 15) is 15.0 Å². The molecule has 0 aliphatic heterocycles. The van der Waals surface area contributed by atoms with Crippen molar-refractivity contribution in [1.82, 2.24) is 5.32 Å². The third kappa shape index (κ3) is 46.6. The average Bonchev–Trinajstić information content (AvgIpc) is 3.25. The third-order valence-corrected chi connectivity index (χ3v) is 11.4. The molecule has 0 radical (unpaired) electrons. The molecular formula is C56H99NO3. The molecule has 60 heavy (non-hydrogen) atoms. The molecule has 0 heterocycles. The second kappa shape index (κ2) is 50.9. The predicted molar refractivity (Wildman–Crippen MR) is 267 cm³/mol. The number of carbonyl (C=O) groups excluding carboxylic acids is 1. The minimum absolute atomic E-state index is 0.0399. The Kier molecular flexibility index (Phi) is 48.9.